The summed E-state index contributed by atoms with van der Waals surface area (Å²) in [6, 6.07) is 0. The molecule has 0 aromatic heterocycles. The van der Waals surface area contributed by atoms with Crippen LogP contribution in [0.3, 0.4) is 0 Å². The fourth-order valence-electron chi connectivity index (χ4n) is 0.280. The van der Waals surface area contributed by atoms with Crippen molar-refractivity contribution >= 4 is 33.1 Å². The number of halogens is 1. The first-order valence-electron chi connectivity index (χ1n) is 3.04. The van der Waals surface area contributed by atoms with Gasteiger partial charge >= 0.3 is 0 Å². The number of ketones is 1. The Morgan fingerprint density at radius 2 is 2.11 bits per heavy atom. The summed E-state index contributed by atoms with van der Waals surface area (Å²) in [5, 5.41) is -0.461. The molecule has 0 N–H and O–H groups in total. The predicted octanol–water partition coefficient (Wildman–Crippen LogP) is -0.415. The van der Waals surface area contributed by atoms with E-state index in [1.807, 2.05) is 22.6 Å². The van der Waals surface area contributed by atoms with Crippen molar-refractivity contribution in [3.8, 4) is 0 Å². The van der Waals surface area contributed by atoms with Crippen LogP contribution < -0.4 is 0 Å². The molecular weight excluding hydrogens is 133 g/mol. The second-order valence-electron chi connectivity index (χ2n) is 2.89. The Morgan fingerprint density at radius 3 is 2.11 bits per heavy atom. The first-order chi connectivity index (χ1) is 3.89. The number of hydrogen-bond acceptors (Lipinski definition) is 1. The molecule has 0 aromatic carbocycles. The Balaban J connectivity index is 4.19. The van der Waals surface area contributed by atoms with Gasteiger partial charge in [0.1, 0.15) is 21.5 Å². The minimum absolute atomic E-state index is 0.0880. The van der Waals surface area contributed by atoms with Crippen LogP contribution in [0, 0.1) is 0 Å². The minimum atomic E-state index is -0.373. The summed E-state index contributed by atoms with van der Waals surface area (Å²) in [6.07, 6.45) is 0. The van der Waals surface area contributed by atoms with E-state index in [0.717, 1.165) is 0 Å². The molecule has 0 bridgehead atoms. The first-order valence-corrected chi connectivity index (χ1v) is 3.47. The average Bonchev–Trinajstić information content (AvgIpc) is 1.65. The summed E-state index contributed by atoms with van der Waals surface area (Å²) in [4.78, 5) is 10.8. The van der Waals surface area contributed by atoms with Crippen LogP contribution in [0.15, 0.2) is 0 Å². The number of hydrogen-bond donors (Lipinski definition) is 0. The van der Waals surface area contributed by atoms with Crippen molar-refractivity contribution in [2.24, 2.45) is 0 Å². The third-order valence-electron chi connectivity index (χ3n) is 1.90. The molecule has 4 heteroatoms. The van der Waals surface area contributed by atoms with Crippen LogP contribution in [-0.4, -0.2) is 26.8 Å². The lowest BCUT2D eigenvalue weighted by Gasteiger charge is -2.23. The summed E-state index contributed by atoms with van der Waals surface area (Å²) in [6.45, 7) is 3.42. The topological polar surface area (TPSA) is 17.1 Å². The van der Waals surface area contributed by atoms with Gasteiger partial charge in [0.2, 0.25) is 0 Å². The zero-order valence-corrected chi connectivity index (χ0v) is 7.12. The molecule has 0 amide bonds. The van der Waals surface area contributed by atoms with Gasteiger partial charge in [0, 0.05) is 10.6 Å². The molecule has 0 aliphatic heterocycles. The lowest BCUT2D eigenvalue weighted by Crippen LogP contribution is -2.28. The first kappa shape index (κ1) is 9.09. The van der Waals surface area contributed by atoms with Gasteiger partial charge in [-0.05, 0) is 6.92 Å². The van der Waals surface area contributed by atoms with E-state index in [0.29, 0.717) is 0 Å². The van der Waals surface area contributed by atoms with Gasteiger partial charge in [-0.1, -0.05) is 6.92 Å². The summed E-state index contributed by atoms with van der Waals surface area (Å²) < 4.78 is 0. The van der Waals surface area contributed by atoms with Crippen molar-refractivity contribution in [3.63, 3.8) is 0 Å². The van der Waals surface area contributed by atoms with Gasteiger partial charge in [-0.15, -0.1) is 11.6 Å². The van der Waals surface area contributed by atoms with Crippen LogP contribution >= 0.6 is 11.6 Å². The summed E-state index contributed by atoms with van der Waals surface area (Å²) in [7, 11) is 3.69. The highest BCUT2D eigenvalue weighted by Gasteiger charge is 2.28. The molecule has 9 heavy (non-hydrogen) atoms. The van der Waals surface area contributed by atoms with E-state index >= 15 is 0 Å². The number of Topliss-reactive ketones (excluding diaryl/α,β-unsaturated/α-hetero) is 1. The lowest BCUT2D eigenvalue weighted by atomic mass is 9.60. The van der Waals surface area contributed by atoms with Gasteiger partial charge in [0.05, 0.1) is 0 Å². The maximum absolute atomic E-state index is 10.8. The van der Waals surface area contributed by atoms with E-state index in [-0.39, 0.29) is 16.4 Å². The zero-order chi connectivity index (χ0) is 7.65. The summed E-state index contributed by atoms with van der Waals surface area (Å²) >= 11 is 5.74. The highest BCUT2D eigenvalue weighted by molar-refractivity contribution is 6.48. The molecule has 50 valence electrons. The summed E-state index contributed by atoms with van der Waals surface area (Å²) in [5.41, 5.74) is 0. The number of rotatable bonds is 2. The smallest absolute Gasteiger partial charge is 0.128 e. The van der Waals surface area contributed by atoms with Crippen LogP contribution in [0.5, 0.6) is 0 Å². The van der Waals surface area contributed by atoms with E-state index in [1.165, 1.54) is 0 Å². The van der Waals surface area contributed by atoms with Gasteiger partial charge in [0.25, 0.3) is 0 Å². The predicted molar refractivity (Wildman–Crippen MR) is 45.8 cm³/mol. The third kappa shape index (κ3) is 2.05. The van der Waals surface area contributed by atoms with E-state index < -0.39 is 0 Å². The molecule has 0 aliphatic rings. The fraction of sp³-hybridized carbons (Fsp3) is 0.800. The van der Waals surface area contributed by atoms with Gasteiger partial charge in [0.15, 0.2) is 0 Å². The fourth-order valence-corrected chi connectivity index (χ4v) is 0.434. The van der Waals surface area contributed by atoms with Crippen molar-refractivity contribution in [2.75, 3.05) is 0 Å². The number of carbonyl (C=O) groups excluding carboxylic acids is 1. The Kier molecular flexibility index (Phi) is 2.81. The SMILES string of the molecule is BC(Cl)C(B)(C)C(C)=O. The van der Waals surface area contributed by atoms with Gasteiger partial charge < -0.3 is 4.79 Å². The van der Waals surface area contributed by atoms with Gasteiger partial charge in [-0.2, -0.15) is 0 Å². The van der Waals surface area contributed by atoms with Crippen molar-refractivity contribution in [1.29, 1.82) is 0 Å². The molecule has 2 unspecified atom stereocenters. The summed E-state index contributed by atoms with van der Waals surface area (Å²) in [5.74, 6) is 0.144. The van der Waals surface area contributed by atoms with Crippen molar-refractivity contribution in [3.05, 3.63) is 0 Å². The normalized spacial score (nSPS) is 20.3. The molecule has 0 saturated heterocycles. The molecule has 1 nitrogen and oxygen atoms in total. The molecular formula is C5H11B2ClO. The molecule has 0 aliphatic carbocycles. The van der Waals surface area contributed by atoms with E-state index in [1.54, 1.807) is 6.92 Å². The van der Waals surface area contributed by atoms with Crippen LogP contribution in [-0.2, 0) is 4.79 Å². The molecule has 0 radical (unpaired) electrons. The Labute approximate surface area is 63.0 Å². The number of alkyl halides is 1. The molecule has 0 saturated carbocycles. The number of carbonyl (C=O) groups is 1. The van der Waals surface area contributed by atoms with E-state index in [2.05, 4.69) is 0 Å². The minimum Gasteiger partial charge on any atom is -0.300 e. The monoisotopic (exact) mass is 144 g/mol. The van der Waals surface area contributed by atoms with Crippen LogP contribution in [0.25, 0.3) is 0 Å². The lowest BCUT2D eigenvalue weighted by molar-refractivity contribution is -0.119. The zero-order valence-electron chi connectivity index (χ0n) is 6.36. The van der Waals surface area contributed by atoms with Gasteiger partial charge in [-0.25, -0.2) is 0 Å². The molecule has 2 atom stereocenters. The maximum atomic E-state index is 10.8. The van der Waals surface area contributed by atoms with E-state index in [9.17, 15) is 4.79 Å². The largest absolute Gasteiger partial charge is 0.300 e. The quantitative estimate of drug-likeness (QED) is 0.380. The van der Waals surface area contributed by atoms with Crippen LogP contribution in [0.4, 0.5) is 0 Å². The molecule has 0 heterocycles. The second-order valence-corrected chi connectivity index (χ2v) is 3.55. The van der Waals surface area contributed by atoms with E-state index in [4.69, 9.17) is 11.6 Å². The second kappa shape index (κ2) is 2.78. The third-order valence-corrected chi connectivity index (χ3v) is 2.45. The van der Waals surface area contributed by atoms with Crippen LogP contribution in [0.2, 0.25) is 5.31 Å². The molecule has 0 spiro atoms. The Hall–Kier alpha value is 0.0899. The standard InChI is InChI=1S/C5H11B2ClO/c1-3(9)5(2,7)4(6)8/h4H,6-7H2,1-2H3. The highest BCUT2D eigenvalue weighted by atomic mass is 35.5. The Bertz CT molecular complexity index is 122. The molecule has 0 rings (SSSR count). The highest BCUT2D eigenvalue weighted by Crippen LogP contribution is 2.28. The van der Waals surface area contributed by atoms with Crippen molar-refractivity contribution in [2.45, 2.75) is 24.4 Å². The van der Waals surface area contributed by atoms with Crippen molar-refractivity contribution < 1.29 is 4.79 Å². The van der Waals surface area contributed by atoms with Crippen LogP contribution in [0.1, 0.15) is 13.8 Å². The Morgan fingerprint density at radius 1 is 1.78 bits per heavy atom. The van der Waals surface area contributed by atoms with Crippen molar-refractivity contribution in [1.82, 2.24) is 0 Å². The maximum Gasteiger partial charge on any atom is 0.128 e. The average molecular weight is 144 g/mol. The molecule has 0 fully saturated rings. The van der Waals surface area contributed by atoms with Gasteiger partial charge in [-0.3, -0.25) is 0 Å². The molecule has 0 aromatic rings.